The summed E-state index contributed by atoms with van der Waals surface area (Å²) in [5.74, 6) is 0.848. The lowest BCUT2D eigenvalue weighted by Crippen LogP contribution is -2.54. The van der Waals surface area contributed by atoms with Crippen LogP contribution >= 0.6 is 0 Å². The van der Waals surface area contributed by atoms with Gasteiger partial charge in [0.1, 0.15) is 13.2 Å². The van der Waals surface area contributed by atoms with E-state index in [4.69, 9.17) is 4.74 Å². The van der Waals surface area contributed by atoms with Gasteiger partial charge >= 0.3 is 6.09 Å². The molecule has 1 aromatic rings. The average Bonchev–Trinajstić information content (AvgIpc) is 3.29. The zero-order valence-corrected chi connectivity index (χ0v) is 18.4. The second-order valence-electron chi connectivity index (χ2n) is 9.13. The number of rotatable bonds is 6. The van der Waals surface area contributed by atoms with Crippen molar-refractivity contribution in [2.24, 2.45) is 11.8 Å². The summed E-state index contributed by atoms with van der Waals surface area (Å²) in [6.07, 6.45) is 4.54. The van der Waals surface area contributed by atoms with Crippen LogP contribution in [0, 0.1) is 11.8 Å². The highest BCUT2D eigenvalue weighted by atomic mass is 16.6. The largest absolute Gasteiger partial charge is 0.445 e. The fourth-order valence-electron chi connectivity index (χ4n) is 4.68. The number of hydrogen-bond acceptors (Lipinski definition) is 4. The quantitative estimate of drug-likeness (QED) is 0.700. The van der Waals surface area contributed by atoms with Crippen LogP contribution in [0.3, 0.4) is 0 Å². The summed E-state index contributed by atoms with van der Waals surface area (Å²) >= 11 is 0. The molecule has 0 N–H and O–H groups in total. The molecule has 2 atom stereocenters. The number of benzene rings is 1. The lowest BCUT2D eigenvalue weighted by molar-refractivity contribution is -0.141. The van der Waals surface area contributed by atoms with E-state index in [1.165, 1.54) is 0 Å². The highest BCUT2D eigenvalue weighted by Gasteiger charge is 2.42. The van der Waals surface area contributed by atoms with Gasteiger partial charge in [0.25, 0.3) is 0 Å². The monoisotopic (exact) mass is 427 g/mol. The summed E-state index contributed by atoms with van der Waals surface area (Å²) in [5, 5.41) is 0. The number of amides is 3. The summed E-state index contributed by atoms with van der Waals surface area (Å²) in [6.45, 7) is 4.58. The second kappa shape index (κ2) is 9.71. The molecule has 0 unspecified atom stereocenters. The van der Waals surface area contributed by atoms with Gasteiger partial charge < -0.3 is 14.5 Å². The van der Waals surface area contributed by atoms with Crippen molar-refractivity contribution >= 4 is 17.9 Å². The maximum absolute atomic E-state index is 13.0. The van der Waals surface area contributed by atoms with Crippen LogP contribution in [0.25, 0.3) is 0 Å². The SMILES string of the molecule is C[C@@H]1C[C@H]1C(=O)N1CCN(C(=O)CN(C(=O)OCc2ccccc2)C2CCCC2)CC1. The molecule has 31 heavy (non-hydrogen) atoms. The van der Waals surface area contributed by atoms with E-state index in [9.17, 15) is 14.4 Å². The van der Waals surface area contributed by atoms with Crippen molar-refractivity contribution in [2.75, 3.05) is 32.7 Å². The van der Waals surface area contributed by atoms with Gasteiger partial charge in [-0.05, 0) is 30.7 Å². The minimum absolute atomic E-state index is 0.0475. The first-order chi connectivity index (χ1) is 15.0. The van der Waals surface area contributed by atoms with Gasteiger partial charge in [-0.2, -0.15) is 0 Å². The molecule has 0 aromatic heterocycles. The normalized spacial score (nSPS) is 23.5. The van der Waals surface area contributed by atoms with Gasteiger partial charge in [-0.3, -0.25) is 14.5 Å². The molecule has 4 rings (SSSR count). The molecule has 2 saturated carbocycles. The van der Waals surface area contributed by atoms with E-state index in [0.29, 0.717) is 32.1 Å². The Kier molecular flexibility index (Phi) is 6.78. The van der Waals surface area contributed by atoms with E-state index in [1.54, 1.807) is 9.80 Å². The Labute approximate surface area is 184 Å². The average molecular weight is 428 g/mol. The van der Waals surface area contributed by atoms with Crippen molar-refractivity contribution in [1.82, 2.24) is 14.7 Å². The fraction of sp³-hybridized carbons (Fsp3) is 0.625. The lowest BCUT2D eigenvalue weighted by atomic mass is 10.2. The van der Waals surface area contributed by atoms with Gasteiger partial charge in [0.05, 0.1) is 0 Å². The summed E-state index contributed by atoms with van der Waals surface area (Å²) in [4.78, 5) is 43.6. The summed E-state index contributed by atoms with van der Waals surface area (Å²) in [7, 11) is 0. The van der Waals surface area contributed by atoms with E-state index in [0.717, 1.165) is 37.7 Å². The zero-order chi connectivity index (χ0) is 21.8. The number of nitrogens with zero attached hydrogens (tertiary/aromatic N) is 3. The Morgan fingerprint density at radius 2 is 1.61 bits per heavy atom. The smallest absolute Gasteiger partial charge is 0.410 e. The third-order valence-electron chi connectivity index (χ3n) is 6.88. The number of carbonyl (C=O) groups excluding carboxylic acids is 3. The highest BCUT2D eigenvalue weighted by Crippen LogP contribution is 2.39. The number of carbonyl (C=O) groups is 3. The van der Waals surface area contributed by atoms with Gasteiger partial charge in [-0.1, -0.05) is 50.1 Å². The third kappa shape index (κ3) is 5.38. The van der Waals surface area contributed by atoms with E-state index in [1.807, 2.05) is 35.2 Å². The van der Waals surface area contributed by atoms with Crippen molar-refractivity contribution < 1.29 is 19.1 Å². The molecular formula is C24H33N3O4. The van der Waals surface area contributed by atoms with Crippen molar-refractivity contribution in [1.29, 1.82) is 0 Å². The molecule has 1 aromatic carbocycles. The second-order valence-corrected chi connectivity index (χ2v) is 9.13. The summed E-state index contributed by atoms with van der Waals surface area (Å²) in [6, 6.07) is 9.65. The Hall–Kier alpha value is -2.57. The Bertz CT molecular complexity index is 785. The minimum Gasteiger partial charge on any atom is -0.445 e. The predicted octanol–water partition coefficient (Wildman–Crippen LogP) is 2.89. The minimum atomic E-state index is -0.416. The van der Waals surface area contributed by atoms with Gasteiger partial charge in [-0.15, -0.1) is 0 Å². The molecule has 1 heterocycles. The molecule has 3 aliphatic rings. The lowest BCUT2D eigenvalue weighted by Gasteiger charge is -2.36. The topological polar surface area (TPSA) is 70.2 Å². The molecule has 168 valence electrons. The first kappa shape index (κ1) is 21.7. The molecule has 7 heteroatoms. The first-order valence-corrected chi connectivity index (χ1v) is 11.6. The van der Waals surface area contributed by atoms with Crippen LogP contribution in [0.1, 0.15) is 44.6 Å². The number of hydrogen-bond donors (Lipinski definition) is 0. The molecule has 0 bridgehead atoms. The van der Waals surface area contributed by atoms with Crippen molar-refractivity contribution in [3.05, 3.63) is 35.9 Å². The molecule has 7 nitrogen and oxygen atoms in total. The van der Waals surface area contributed by atoms with Crippen LogP contribution in [-0.4, -0.2) is 71.4 Å². The number of ether oxygens (including phenoxy) is 1. The standard InChI is InChI=1S/C24H33N3O4/c1-18-15-21(18)23(29)26-13-11-25(12-14-26)22(28)16-27(20-9-5-6-10-20)24(30)31-17-19-7-3-2-4-8-19/h2-4,7-8,18,20-21H,5-6,9-17H2,1H3/t18-,21-/m1/s1. The molecular weight excluding hydrogens is 394 g/mol. The predicted molar refractivity (Wildman–Crippen MR) is 116 cm³/mol. The molecule has 0 spiro atoms. The van der Waals surface area contributed by atoms with E-state index in [2.05, 4.69) is 6.92 Å². The number of piperazine rings is 1. The maximum atomic E-state index is 13.0. The van der Waals surface area contributed by atoms with Crippen LogP contribution < -0.4 is 0 Å². The third-order valence-corrected chi connectivity index (χ3v) is 6.88. The van der Waals surface area contributed by atoms with Gasteiger partial charge in [-0.25, -0.2) is 4.79 Å². The van der Waals surface area contributed by atoms with E-state index >= 15 is 0 Å². The van der Waals surface area contributed by atoms with Crippen LogP contribution in [0.2, 0.25) is 0 Å². The zero-order valence-electron chi connectivity index (χ0n) is 18.4. The molecule has 3 amide bonds. The molecule has 1 aliphatic heterocycles. The Morgan fingerprint density at radius 1 is 1.00 bits per heavy atom. The molecule has 1 saturated heterocycles. The van der Waals surface area contributed by atoms with Crippen molar-refractivity contribution in [2.45, 2.75) is 51.7 Å². The highest BCUT2D eigenvalue weighted by molar-refractivity contribution is 5.84. The van der Waals surface area contributed by atoms with Crippen LogP contribution in [-0.2, 0) is 20.9 Å². The van der Waals surface area contributed by atoms with E-state index < -0.39 is 6.09 Å². The van der Waals surface area contributed by atoms with E-state index in [-0.39, 0.29) is 36.9 Å². The molecule has 0 radical (unpaired) electrons. The van der Waals surface area contributed by atoms with Crippen LogP contribution in [0.15, 0.2) is 30.3 Å². The summed E-state index contributed by atoms with van der Waals surface area (Å²) in [5.41, 5.74) is 0.930. The van der Waals surface area contributed by atoms with Gasteiger partial charge in [0.15, 0.2) is 0 Å². The Balaban J connectivity index is 1.30. The first-order valence-electron chi connectivity index (χ1n) is 11.6. The maximum Gasteiger partial charge on any atom is 0.410 e. The fourth-order valence-corrected chi connectivity index (χ4v) is 4.68. The van der Waals surface area contributed by atoms with Crippen LogP contribution in [0.5, 0.6) is 0 Å². The van der Waals surface area contributed by atoms with Crippen molar-refractivity contribution in [3.63, 3.8) is 0 Å². The molecule has 2 aliphatic carbocycles. The van der Waals surface area contributed by atoms with Crippen molar-refractivity contribution in [3.8, 4) is 0 Å². The summed E-state index contributed by atoms with van der Waals surface area (Å²) < 4.78 is 5.55. The van der Waals surface area contributed by atoms with Crippen LogP contribution in [0.4, 0.5) is 4.79 Å². The molecule has 3 fully saturated rings. The van der Waals surface area contributed by atoms with Gasteiger partial charge in [0, 0.05) is 38.1 Å². The van der Waals surface area contributed by atoms with Gasteiger partial charge in [0.2, 0.25) is 11.8 Å². The Morgan fingerprint density at radius 3 is 2.23 bits per heavy atom.